The molecule has 0 radical (unpaired) electrons. The molecule has 0 aliphatic carbocycles. The molecule has 0 saturated carbocycles. The molecule has 0 amide bonds. The molecule has 1 aromatic carbocycles. The molecule has 2 heteroatoms. The average Bonchev–Trinajstić information content (AvgIpc) is 2.93. The molecule has 2 nitrogen and oxygen atoms in total. The average molecular weight is 254 g/mol. The summed E-state index contributed by atoms with van der Waals surface area (Å²) in [6, 6.07) is 11.6. The van der Waals surface area contributed by atoms with E-state index in [-0.39, 0.29) is 0 Å². The van der Waals surface area contributed by atoms with E-state index in [4.69, 9.17) is 0 Å². The first kappa shape index (κ1) is 12.6. The van der Waals surface area contributed by atoms with Crippen molar-refractivity contribution in [1.29, 1.82) is 0 Å². The van der Waals surface area contributed by atoms with Gasteiger partial charge in [0.2, 0.25) is 0 Å². The van der Waals surface area contributed by atoms with E-state index in [1.807, 2.05) is 12.3 Å². The summed E-state index contributed by atoms with van der Waals surface area (Å²) in [6.45, 7) is 4.77. The largest absolute Gasteiger partial charge is 0.296 e. The van der Waals surface area contributed by atoms with Gasteiger partial charge >= 0.3 is 0 Å². The zero-order valence-electron chi connectivity index (χ0n) is 11.7. The summed E-state index contributed by atoms with van der Waals surface area (Å²) in [5.74, 6) is 0. The zero-order chi connectivity index (χ0) is 13.1. The van der Waals surface area contributed by atoms with Crippen LogP contribution in [0.5, 0.6) is 0 Å². The van der Waals surface area contributed by atoms with Crippen LogP contribution < -0.4 is 0 Å². The van der Waals surface area contributed by atoms with Gasteiger partial charge in [0.1, 0.15) is 0 Å². The van der Waals surface area contributed by atoms with Crippen LogP contribution in [-0.4, -0.2) is 23.0 Å². The number of benzene rings is 1. The first-order valence-corrected chi connectivity index (χ1v) is 7.47. The van der Waals surface area contributed by atoms with Gasteiger partial charge in [-0.2, -0.15) is 0 Å². The summed E-state index contributed by atoms with van der Waals surface area (Å²) in [5, 5.41) is 1.27. The van der Waals surface area contributed by atoms with Gasteiger partial charge in [0.15, 0.2) is 0 Å². The third kappa shape index (κ3) is 2.64. The Morgan fingerprint density at radius 2 is 2.26 bits per heavy atom. The second-order valence-corrected chi connectivity index (χ2v) is 5.50. The predicted octanol–water partition coefficient (Wildman–Crippen LogP) is 4.17. The Morgan fingerprint density at radius 1 is 1.32 bits per heavy atom. The summed E-state index contributed by atoms with van der Waals surface area (Å²) in [7, 11) is 0. The Hall–Kier alpha value is -1.41. The third-order valence-electron chi connectivity index (χ3n) is 4.17. The lowest BCUT2D eigenvalue weighted by Gasteiger charge is -2.24. The van der Waals surface area contributed by atoms with Crippen LogP contribution in [0.15, 0.2) is 36.5 Å². The van der Waals surface area contributed by atoms with E-state index in [1.54, 1.807) is 0 Å². The van der Waals surface area contributed by atoms with E-state index in [9.17, 15) is 0 Å². The highest BCUT2D eigenvalue weighted by atomic mass is 15.2. The molecule has 1 aliphatic rings. The van der Waals surface area contributed by atoms with Crippen molar-refractivity contribution in [2.45, 2.75) is 38.6 Å². The molecule has 1 aliphatic heterocycles. The van der Waals surface area contributed by atoms with Crippen molar-refractivity contribution in [1.82, 2.24) is 9.88 Å². The van der Waals surface area contributed by atoms with Crippen LogP contribution in [0.4, 0.5) is 0 Å². The lowest BCUT2D eigenvalue weighted by Crippen LogP contribution is -2.24. The number of rotatable bonds is 4. The van der Waals surface area contributed by atoms with Crippen molar-refractivity contribution in [2.75, 3.05) is 13.1 Å². The molecule has 1 aromatic heterocycles. The molecule has 0 N–H and O–H groups in total. The van der Waals surface area contributed by atoms with Crippen molar-refractivity contribution in [3.63, 3.8) is 0 Å². The van der Waals surface area contributed by atoms with Crippen LogP contribution in [0.3, 0.4) is 0 Å². The monoisotopic (exact) mass is 254 g/mol. The van der Waals surface area contributed by atoms with Crippen molar-refractivity contribution < 1.29 is 0 Å². The molecule has 1 saturated heterocycles. The van der Waals surface area contributed by atoms with E-state index >= 15 is 0 Å². The standard InChI is InChI=1S/C17H22N2/c1-2-3-11-19-12-5-7-17(19)15-8-9-16-14(13-15)6-4-10-18-16/h4,6,8-10,13,17H,2-3,5,7,11-12H2,1H3/t17-/m1/s1. The quantitative estimate of drug-likeness (QED) is 0.814. The van der Waals surface area contributed by atoms with E-state index in [0.717, 1.165) is 5.52 Å². The highest BCUT2D eigenvalue weighted by Gasteiger charge is 2.25. The summed E-state index contributed by atoms with van der Waals surface area (Å²) in [6.07, 6.45) is 7.09. The SMILES string of the molecule is CCCCN1CCC[C@@H]1c1ccc2ncccc2c1. The van der Waals surface area contributed by atoms with Crippen LogP contribution in [-0.2, 0) is 0 Å². The molecule has 1 fully saturated rings. The minimum Gasteiger partial charge on any atom is -0.296 e. The lowest BCUT2D eigenvalue weighted by atomic mass is 10.0. The molecular weight excluding hydrogens is 232 g/mol. The van der Waals surface area contributed by atoms with Crippen LogP contribution in [0.1, 0.15) is 44.2 Å². The van der Waals surface area contributed by atoms with Gasteiger partial charge in [-0.25, -0.2) is 0 Å². The number of hydrogen-bond donors (Lipinski definition) is 0. The second-order valence-electron chi connectivity index (χ2n) is 5.50. The molecule has 2 aromatic rings. The Labute approximate surface area is 115 Å². The Balaban J connectivity index is 1.86. The highest BCUT2D eigenvalue weighted by molar-refractivity contribution is 5.79. The van der Waals surface area contributed by atoms with E-state index in [1.165, 1.54) is 49.7 Å². The van der Waals surface area contributed by atoms with Crippen molar-refractivity contribution in [3.05, 3.63) is 42.1 Å². The normalized spacial score (nSPS) is 20.2. The Kier molecular flexibility index (Phi) is 3.79. The van der Waals surface area contributed by atoms with E-state index in [2.05, 4.69) is 41.1 Å². The van der Waals surface area contributed by atoms with Gasteiger partial charge in [0, 0.05) is 17.6 Å². The number of pyridine rings is 1. The molecule has 0 bridgehead atoms. The molecule has 0 spiro atoms. The number of fused-ring (bicyclic) bond motifs is 1. The number of aromatic nitrogens is 1. The van der Waals surface area contributed by atoms with Gasteiger partial charge in [0.05, 0.1) is 5.52 Å². The molecule has 0 unspecified atom stereocenters. The Morgan fingerprint density at radius 3 is 3.16 bits per heavy atom. The maximum absolute atomic E-state index is 4.40. The van der Waals surface area contributed by atoms with Crippen LogP contribution in [0.25, 0.3) is 10.9 Å². The van der Waals surface area contributed by atoms with Crippen molar-refractivity contribution in [3.8, 4) is 0 Å². The van der Waals surface area contributed by atoms with Crippen molar-refractivity contribution >= 4 is 10.9 Å². The van der Waals surface area contributed by atoms with Gasteiger partial charge in [-0.1, -0.05) is 25.5 Å². The zero-order valence-corrected chi connectivity index (χ0v) is 11.7. The number of hydrogen-bond acceptors (Lipinski definition) is 2. The van der Waals surface area contributed by atoms with Crippen LogP contribution >= 0.6 is 0 Å². The summed E-state index contributed by atoms with van der Waals surface area (Å²) >= 11 is 0. The van der Waals surface area contributed by atoms with Crippen LogP contribution in [0.2, 0.25) is 0 Å². The second kappa shape index (κ2) is 5.70. The molecular formula is C17H22N2. The van der Waals surface area contributed by atoms with E-state index in [0.29, 0.717) is 6.04 Å². The van der Waals surface area contributed by atoms with E-state index < -0.39 is 0 Å². The summed E-state index contributed by atoms with van der Waals surface area (Å²) in [5.41, 5.74) is 2.57. The fourth-order valence-corrected chi connectivity index (χ4v) is 3.13. The summed E-state index contributed by atoms with van der Waals surface area (Å²) < 4.78 is 0. The first-order chi connectivity index (χ1) is 9.38. The molecule has 1 atom stereocenters. The van der Waals surface area contributed by atoms with Crippen molar-refractivity contribution in [2.24, 2.45) is 0 Å². The fourth-order valence-electron chi connectivity index (χ4n) is 3.13. The third-order valence-corrected chi connectivity index (χ3v) is 4.17. The van der Waals surface area contributed by atoms with Gasteiger partial charge in [0.25, 0.3) is 0 Å². The van der Waals surface area contributed by atoms with Gasteiger partial charge in [-0.15, -0.1) is 0 Å². The maximum atomic E-state index is 4.40. The topological polar surface area (TPSA) is 16.1 Å². The molecule has 3 rings (SSSR count). The molecule has 100 valence electrons. The lowest BCUT2D eigenvalue weighted by molar-refractivity contribution is 0.253. The minimum atomic E-state index is 0.621. The predicted molar refractivity (Wildman–Crippen MR) is 80.2 cm³/mol. The molecule has 2 heterocycles. The summed E-state index contributed by atoms with van der Waals surface area (Å²) in [4.78, 5) is 7.06. The highest BCUT2D eigenvalue weighted by Crippen LogP contribution is 2.33. The minimum absolute atomic E-state index is 0.621. The Bertz CT molecular complexity index is 550. The first-order valence-electron chi connectivity index (χ1n) is 7.47. The smallest absolute Gasteiger partial charge is 0.0702 e. The number of likely N-dealkylation sites (tertiary alicyclic amines) is 1. The fraction of sp³-hybridized carbons (Fsp3) is 0.471. The van der Waals surface area contributed by atoms with Crippen LogP contribution in [0, 0.1) is 0 Å². The molecule has 19 heavy (non-hydrogen) atoms. The van der Waals surface area contributed by atoms with Gasteiger partial charge in [-0.05, 0) is 56.1 Å². The number of unbranched alkanes of at least 4 members (excludes halogenated alkanes) is 1. The number of nitrogens with zero attached hydrogens (tertiary/aromatic N) is 2. The van der Waals surface area contributed by atoms with Gasteiger partial charge in [-0.3, -0.25) is 9.88 Å². The maximum Gasteiger partial charge on any atom is 0.0702 e. The van der Waals surface area contributed by atoms with Gasteiger partial charge < -0.3 is 0 Å².